The van der Waals surface area contributed by atoms with Gasteiger partial charge in [-0.1, -0.05) is 30.3 Å². The standard InChI is InChI=1S/C26H20F3N3O3/c27-26(28,29)20-9-7-17(8-10-20)16-3-5-18(6-4-16)24(34)32-23(15-33)25(35)31-21-11-12-22-19(14-21)2-1-13-30-22/h1-14,23,33H,15H2,(H,31,35)(H,32,34)/t23-/m0/s1. The Morgan fingerprint density at radius 3 is 2.20 bits per heavy atom. The number of nitrogens with zero attached hydrogens (tertiary/aromatic N) is 1. The van der Waals surface area contributed by atoms with Crippen molar-refractivity contribution in [1.82, 2.24) is 10.3 Å². The number of halogens is 3. The molecule has 3 aromatic carbocycles. The van der Waals surface area contributed by atoms with Gasteiger partial charge >= 0.3 is 6.18 Å². The maximum absolute atomic E-state index is 12.7. The summed E-state index contributed by atoms with van der Waals surface area (Å²) in [6.45, 7) is -0.615. The first-order valence-corrected chi connectivity index (χ1v) is 10.6. The van der Waals surface area contributed by atoms with Crippen molar-refractivity contribution in [3.05, 3.63) is 96.2 Å². The molecule has 0 bridgehead atoms. The van der Waals surface area contributed by atoms with Crippen molar-refractivity contribution >= 4 is 28.4 Å². The Labute approximate surface area is 198 Å². The second-order valence-electron chi connectivity index (χ2n) is 7.76. The van der Waals surface area contributed by atoms with E-state index < -0.39 is 36.2 Å². The summed E-state index contributed by atoms with van der Waals surface area (Å²) in [7, 11) is 0. The Balaban J connectivity index is 1.41. The SMILES string of the molecule is O=C(N[C@@H](CO)C(=O)Nc1ccc2ncccc2c1)c1ccc(-c2ccc(C(F)(F)F)cc2)cc1. The van der Waals surface area contributed by atoms with Crippen LogP contribution in [0.2, 0.25) is 0 Å². The van der Waals surface area contributed by atoms with E-state index in [0.717, 1.165) is 23.0 Å². The zero-order chi connectivity index (χ0) is 25.0. The molecule has 0 saturated carbocycles. The minimum absolute atomic E-state index is 0.226. The van der Waals surface area contributed by atoms with Gasteiger partial charge < -0.3 is 15.7 Å². The molecule has 0 radical (unpaired) electrons. The second kappa shape index (κ2) is 9.94. The topological polar surface area (TPSA) is 91.3 Å². The minimum atomic E-state index is -4.42. The average molecular weight is 479 g/mol. The molecule has 0 aliphatic carbocycles. The number of carbonyl (C=O) groups excluding carboxylic acids is 2. The van der Waals surface area contributed by atoms with Crippen LogP contribution >= 0.6 is 0 Å². The van der Waals surface area contributed by atoms with Crippen molar-refractivity contribution in [2.75, 3.05) is 11.9 Å². The summed E-state index contributed by atoms with van der Waals surface area (Å²) >= 11 is 0. The van der Waals surface area contributed by atoms with Crippen molar-refractivity contribution in [2.45, 2.75) is 12.2 Å². The number of alkyl halides is 3. The van der Waals surface area contributed by atoms with E-state index in [4.69, 9.17) is 0 Å². The molecule has 35 heavy (non-hydrogen) atoms. The highest BCUT2D eigenvalue weighted by Gasteiger charge is 2.30. The predicted molar refractivity (Wildman–Crippen MR) is 126 cm³/mol. The van der Waals surface area contributed by atoms with Crippen LogP contribution in [0.25, 0.3) is 22.0 Å². The first-order valence-electron chi connectivity index (χ1n) is 10.6. The fourth-order valence-corrected chi connectivity index (χ4v) is 3.48. The first kappa shape index (κ1) is 23.9. The number of aromatic nitrogens is 1. The van der Waals surface area contributed by atoms with Crippen LogP contribution in [0.15, 0.2) is 85.1 Å². The van der Waals surface area contributed by atoms with E-state index in [1.165, 1.54) is 24.3 Å². The summed E-state index contributed by atoms with van der Waals surface area (Å²) in [6, 6.07) is 18.4. The van der Waals surface area contributed by atoms with Crippen LogP contribution in [-0.2, 0) is 11.0 Å². The molecule has 6 nitrogen and oxygen atoms in total. The summed E-state index contributed by atoms with van der Waals surface area (Å²) in [6.07, 6.45) is -2.75. The lowest BCUT2D eigenvalue weighted by molar-refractivity contribution is -0.137. The quantitative estimate of drug-likeness (QED) is 0.376. The number of anilines is 1. The molecule has 4 rings (SSSR count). The highest BCUT2D eigenvalue weighted by atomic mass is 19.4. The molecule has 0 unspecified atom stereocenters. The first-order chi connectivity index (χ1) is 16.7. The van der Waals surface area contributed by atoms with Crippen LogP contribution in [0.3, 0.4) is 0 Å². The number of nitrogens with one attached hydrogen (secondary N) is 2. The number of pyridine rings is 1. The van der Waals surface area contributed by atoms with Crippen molar-refractivity contribution in [2.24, 2.45) is 0 Å². The fraction of sp³-hybridized carbons (Fsp3) is 0.115. The molecule has 0 fully saturated rings. The normalized spacial score (nSPS) is 12.2. The Hall–Kier alpha value is -4.24. The third kappa shape index (κ3) is 5.64. The summed E-state index contributed by atoms with van der Waals surface area (Å²) in [4.78, 5) is 29.4. The van der Waals surface area contributed by atoms with Gasteiger partial charge in [0, 0.05) is 22.8 Å². The van der Waals surface area contributed by atoms with Crippen LogP contribution in [0.4, 0.5) is 18.9 Å². The molecule has 1 aromatic heterocycles. The van der Waals surface area contributed by atoms with Gasteiger partial charge in [-0.3, -0.25) is 14.6 Å². The molecule has 2 amide bonds. The molecular weight excluding hydrogens is 459 g/mol. The summed E-state index contributed by atoms with van der Waals surface area (Å²) in [5.41, 5.74) is 1.91. The second-order valence-corrected chi connectivity index (χ2v) is 7.76. The summed E-state index contributed by atoms with van der Waals surface area (Å²) in [5, 5.41) is 15.6. The Kier molecular flexibility index (Phi) is 6.79. The molecule has 1 heterocycles. The van der Waals surface area contributed by atoms with E-state index in [-0.39, 0.29) is 5.56 Å². The molecule has 3 N–H and O–H groups in total. The number of hydrogen-bond donors (Lipinski definition) is 3. The molecule has 0 saturated heterocycles. The van der Waals surface area contributed by atoms with Gasteiger partial charge in [-0.05, 0) is 59.7 Å². The zero-order valence-electron chi connectivity index (χ0n) is 18.2. The van der Waals surface area contributed by atoms with Crippen molar-refractivity contribution < 1.29 is 27.9 Å². The Morgan fingerprint density at radius 2 is 1.57 bits per heavy atom. The number of aliphatic hydroxyl groups excluding tert-OH is 1. The number of amides is 2. The lowest BCUT2D eigenvalue weighted by Crippen LogP contribution is -2.46. The van der Waals surface area contributed by atoms with E-state index in [9.17, 15) is 27.9 Å². The van der Waals surface area contributed by atoms with E-state index >= 15 is 0 Å². The number of benzene rings is 3. The van der Waals surface area contributed by atoms with E-state index in [1.807, 2.05) is 6.07 Å². The molecule has 178 valence electrons. The van der Waals surface area contributed by atoms with E-state index in [2.05, 4.69) is 15.6 Å². The average Bonchev–Trinajstić information content (AvgIpc) is 2.86. The van der Waals surface area contributed by atoms with Crippen LogP contribution in [0, 0.1) is 0 Å². The summed E-state index contributed by atoms with van der Waals surface area (Å²) < 4.78 is 38.2. The molecule has 4 aromatic rings. The monoisotopic (exact) mass is 479 g/mol. The molecule has 0 spiro atoms. The zero-order valence-corrected chi connectivity index (χ0v) is 18.2. The van der Waals surface area contributed by atoms with Gasteiger partial charge in [0.15, 0.2) is 0 Å². The number of hydrogen-bond acceptors (Lipinski definition) is 4. The lowest BCUT2D eigenvalue weighted by Gasteiger charge is -2.16. The largest absolute Gasteiger partial charge is 0.416 e. The lowest BCUT2D eigenvalue weighted by atomic mass is 10.0. The highest BCUT2D eigenvalue weighted by molar-refractivity contribution is 6.02. The number of aliphatic hydroxyl groups is 1. The van der Waals surface area contributed by atoms with Gasteiger partial charge in [-0.25, -0.2) is 0 Å². The smallest absolute Gasteiger partial charge is 0.394 e. The highest BCUT2D eigenvalue weighted by Crippen LogP contribution is 2.31. The molecular formula is C26H20F3N3O3. The van der Waals surface area contributed by atoms with Gasteiger partial charge in [0.2, 0.25) is 5.91 Å². The molecule has 0 aliphatic rings. The maximum atomic E-state index is 12.7. The predicted octanol–water partition coefficient (Wildman–Crippen LogP) is 4.65. The minimum Gasteiger partial charge on any atom is -0.394 e. The molecule has 1 atom stereocenters. The number of rotatable bonds is 6. The van der Waals surface area contributed by atoms with Gasteiger partial charge in [-0.2, -0.15) is 13.2 Å². The Bertz CT molecular complexity index is 1350. The van der Waals surface area contributed by atoms with Crippen molar-refractivity contribution in [3.8, 4) is 11.1 Å². The van der Waals surface area contributed by atoms with E-state index in [1.54, 1.807) is 42.6 Å². The van der Waals surface area contributed by atoms with Gasteiger partial charge in [0.05, 0.1) is 17.7 Å². The maximum Gasteiger partial charge on any atom is 0.416 e. The van der Waals surface area contributed by atoms with Crippen molar-refractivity contribution in [1.29, 1.82) is 0 Å². The molecule has 0 aliphatic heterocycles. The molecule has 9 heteroatoms. The van der Waals surface area contributed by atoms with Gasteiger partial charge in [-0.15, -0.1) is 0 Å². The number of fused-ring (bicyclic) bond motifs is 1. The third-order valence-corrected chi connectivity index (χ3v) is 5.37. The Morgan fingerprint density at radius 1 is 0.914 bits per heavy atom. The van der Waals surface area contributed by atoms with Crippen molar-refractivity contribution in [3.63, 3.8) is 0 Å². The van der Waals surface area contributed by atoms with Gasteiger partial charge in [0.1, 0.15) is 6.04 Å². The van der Waals surface area contributed by atoms with Crippen LogP contribution < -0.4 is 10.6 Å². The van der Waals surface area contributed by atoms with Crippen LogP contribution in [0.5, 0.6) is 0 Å². The fourth-order valence-electron chi connectivity index (χ4n) is 3.48. The number of carbonyl (C=O) groups is 2. The van der Waals surface area contributed by atoms with Crippen LogP contribution in [-0.4, -0.2) is 34.6 Å². The summed E-state index contributed by atoms with van der Waals surface area (Å²) in [5.74, 6) is -1.17. The van der Waals surface area contributed by atoms with Gasteiger partial charge in [0.25, 0.3) is 5.91 Å². The third-order valence-electron chi connectivity index (χ3n) is 5.37. The van der Waals surface area contributed by atoms with Crippen LogP contribution in [0.1, 0.15) is 15.9 Å². The van der Waals surface area contributed by atoms with E-state index in [0.29, 0.717) is 16.8 Å².